The number of ether oxygens (including phenoxy) is 1. The Kier molecular flexibility index (Phi) is 7.88. The highest BCUT2D eigenvalue weighted by Crippen LogP contribution is 1.93. The van der Waals surface area contributed by atoms with Gasteiger partial charge in [-0.2, -0.15) is 0 Å². The summed E-state index contributed by atoms with van der Waals surface area (Å²) in [5, 5.41) is 0. The van der Waals surface area contributed by atoms with Gasteiger partial charge in [0.05, 0.1) is 6.54 Å². The zero-order valence-electron chi connectivity index (χ0n) is 9.43. The van der Waals surface area contributed by atoms with E-state index in [2.05, 4.69) is 18.1 Å². The van der Waals surface area contributed by atoms with Gasteiger partial charge < -0.3 is 28.7 Å². The second-order valence-electron chi connectivity index (χ2n) is 3.32. The summed E-state index contributed by atoms with van der Waals surface area (Å²) in [5.74, 6) is -0.399. The molecular weight excluding hydrogens is 319 g/mol. The minimum atomic E-state index is -0.399. The summed E-state index contributed by atoms with van der Waals surface area (Å²) < 4.78 is 8.78. The fourth-order valence-electron chi connectivity index (χ4n) is 1.19. The number of nitrogens with zero attached hydrogens (tertiary/aromatic N) is 2. The van der Waals surface area contributed by atoms with Crippen molar-refractivity contribution in [1.82, 2.24) is 4.57 Å². The Morgan fingerprint density at radius 1 is 1.62 bits per heavy atom. The molecule has 1 aromatic heterocycles. The van der Waals surface area contributed by atoms with Crippen molar-refractivity contribution in [2.45, 2.75) is 33.0 Å². The molecule has 0 aliphatic rings. The summed E-state index contributed by atoms with van der Waals surface area (Å²) in [6, 6.07) is 0. The van der Waals surface area contributed by atoms with Gasteiger partial charge in [0.1, 0.15) is 12.4 Å². The van der Waals surface area contributed by atoms with Crippen LogP contribution in [0.15, 0.2) is 31.4 Å². The standard InChI is InChI=1S/C11H17N2O2.HI/c1-3-5-6-12-7-8-13(9-12)10-15-11(14)4-2;/h4,7-9H,2-3,5-6,10H2,1H3;1H/q+1;/p-1. The van der Waals surface area contributed by atoms with E-state index in [0.717, 1.165) is 19.0 Å². The number of rotatable bonds is 6. The van der Waals surface area contributed by atoms with Crippen LogP contribution in [0.2, 0.25) is 0 Å². The molecule has 0 unspecified atom stereocenters. The Labute approximate surface area is 113 Å². The van der Waals surface area contributed by atoms with E-state index in [1.807, 2.05) is 23.3 Å². The number of aryl methyl sites for hydroxylation is 1. The van der Waals surface area contributed by atoms with Crippen molar-refractivity contribution in [3.63, 3.8) is 0 Å². The number of hydrogen-bond acceptors (Lipinski definition) is 2. The van der Waals surface area contributed by atoms with E-state index >= 15 is 0 Å². The average molecular weight is 336 g/mol. The van der Waals surface area contributed by atoms with E-state index in [4.69, 9.17) is 4.74 Å². The lowest BCUT2D eigenvalue weighted by Gasteiger charge is -1.96. The summed E-state index contributed by atoms with van der Waals surface area (Å²) in [4.78, 5) is 10.8. The third-order valence-electron chi connectivity index (χ3n) is 2.04. The molecule has 0 aliphatic carbocycles. The molecule has 0 fully saturated rings. The van der Waals surface area contributed by atoms with Gasteiger partial charge in [-0.3, -0.25) is 0 Å². The monoisotopic (exact) mass is 336 g/mol. The third kappa shape index (κ3) is 5.29. The van der Waals surface area contributed by atoms with Crippen molar-refractivity contribution in [2.24, 2.45) is 0 Å². The maximum absolute atomic E-state index is 10.8. The maximum atomic E-state index is 10.8. The lowest BCUT2D eigenvalue weighted by atomic mass is 10.3. The molecule has 4 nitrogen and oxygen atoms in total. The van der Waals surface area contributed by atoms with Crippen LogP contribution in [0.25, 0.3) is 0 Å². The highest BCUT2D eigenvalue weighted by atomic mass is 127. The van der Waals surface area contributed by atoms with E-state index < -0.39 is 5.97 Å². The number of unbranched alkanes of at least 4 members (excludes halogenated alkanes) is 1. The summed E-state index contributed by atoms with van der Waals surface area (Å²) in [6.45, 7) is 6.72. The van der Waals surface area contributed by atoms with Crippen LogP contribution >= 0.6 is 0 Å². The van der Waals surface area contributed by atoms with Crippen LogP contribution in [0.1, 0.15) is 19.8 Å². The minimum absolute atomic E-state index is 0. The summed E-state index contributed by atoms with van der Waals surface area (Å²) in [5.41, 5.74) is 0. The molecule has 1 aromatic rings. The van der Waals surface area contributed by atoms with Crippen LogP contribution in [0, 0.1) is 0 Å². The first kappa shape index (κ1) is 15.2. The predicted octanol–water partition coefficient (Wildman–Crippen LogP) is -1.73. The van der Waals surface area contributed by atoms with Crippen LogP contribution in [0.5, 0.6) is 0 Å². The van der Waals surface area contributed by atoms with E-state index in [-0.39, 0.29) is 30.7 Å². The average Bonchev–Trinajstić information content (AvgIpc) is 2.71. The Morgan fingerprint density at radius 3 is 3.00 bits per heavy atom. The van der Waals surface area contributed by atoms with E-state index in [1.165, 1.54) is 6.42 Å². The highest BCUT2D eigenvalue weighted by molar-refractivity contribution is 5.80. The van der Waals surface area contributed by atoms with Crippen LogP contribution in [0.3, 0.4) is 0 Å². The summed E-state index contributed by atoms with van der Waals surface area (Å²) in [6.07, 6.45) is 9.26. The Bertz CT molecular complexity index is 336. The normalized spacial score (nSPS) is 9.31. The zero-order valence-corrected chi connectivity index (χ0v) is 11.6. The van der Waals surface area contributed by atoms with E-state index in [0.29, 0.717) is 0 Å². The first-order valence-electron chi connectivity index (χ1n) is 5.10. The summed E-state index contributed by atoms with van der Waals surface area (Å²) >= 11 is 0. The third-order valence-corrected chi connectivity index (χ3v) is 2.04. The maximum Gasteiger partial charge on any atom is 0.333 e. The van der Waals surface area contributed by atoms with Gasteiger partial charge in [-0.05, 0) is 6.42 Å². The predicted molar refractivity (Wildman–Crippen MR) is 55.8 cm³/mol. The Balaban J connectivity index is 0.00000225. The molecule has 90 valence electrons. The molecule has 1 rings (SSSR count). The number of aromatic nitrogens is 2. The first-order valence-corrected chi connectivity index (χ1v) is 5.10. The number of carbonyl (C=O) groups is 1. The molecule has 0 atom stereocenters. The lowest BCUT2D eigenvalue weighted by Crippen LogP contribution is -3.00. The van der Waals surface area contributed by atoms with Gasteiger partial charge in [-0.1, -0.05) is 19.9 Å². The Morgan fingerprint density at radius 2 is 2.38 bits per heavy atom. The molecule has 0 saturated heterocycles. The number of imidazole rings is 1. The fraction of sp³-hybridized carbons (Fsp3) is 0.455. The minimum Gasteiger partial charge on any atom is -1.00 e. The first-order chi connectivity index (χ1) is 7.26. The molecule has 0 spiro atoms. The van der Waals surface area contributed by atoms with Crippen LogP contribution < -0.4 is 28.5 Å². The SMILES string of the molecule is C=CC(=O)OC[n+]1ccn(CCCC)c1.[I-]. The second kappa shape index (κ2) is 8.32. The lowest BCUT2D eigenvalue weighted by molar-refractivity contribution is -0.727. The summed E-state index contributed by atoms with van der Waals surface area (Å²) in [7, 11) is 0. The zero-order chi connectivity index (χ0) is 11.1. The van der Waals surface area contributed by atoms with Gasteiger partial charge in [0.25, 0.3) is 0 Å². The largest absolute Gasteiger partial charge is 1.00 e. The quantitative estimate of drug-likeness (QED) is 0.268. The molecule has 0 saturated carbocycles. The van der Waals surface area contributed by atoms with Crippen molar-refractivity contribution in [3.8, 4) is 0 Å². The molecule has 0 N–H and O–H groups in total. The highest BCUT2D eigenvalue weighted by Gasteiger charge is 2.04. The molecule has 0 amide bonds. The molecule has 1 heterocycles. The molecule has 0 radical (unpaired) electrons. The van der Waals surface area contributed by atoms with Crippen molar-refractivity contribution < 1.29 is 38.1 Å². The van der Waals surface area contributed by atoms with Gasteiger partial charge in [0, 0.05) is 6.08 Å². The van der Waals surface area contributed by atoms with Crippen molar-refractivity contribution >= 4 is 5.97 Å². The van der Waals surface area contributed by atoms with Gasteiger partial charge in [-0.15, -0.1) is 0 Å². The van der Waals surface area contributed by atoms with Crippen molar-refractivity contribution in [2.75, 3.05) is 0 Å². The van der Waals surface area contributed by atoms with Gasteiger partial charge in [0.15, 0.2) is 0 Å². The topological polar surface area (TPSA) is 35.1 Å². The Hall–Kier alpha value is -0.850. The molecule has 0 aliphatic heterocycles. The number of hydrogen-bond donors (Lipinski definition) is 0. The van der Waals surface area contributed by atoms with Crippen LogP contribution in [-0.2, 0) is 22.8 Å². The van der Waals surface area contributed by atoms with E-state index in [1.54, 1.807) is 0 Å². The van der Waals surface area contributed by atoms with Gasteiger partial charge >= 0.3 is 5.97 Å². The number of halogens is 1. The smallest absolute Gasteiger partial charge is 0.333 e. The number of esters is 1. The van der Waals surface area contributed by atoms with E-state index in [9.17, 15) is 4.79 Å². The van der Waals surface area contributed by atoms with Crippen molar-refractivity contribution in [3.05, 3.63) is 31.4 Å². The number of carbonyl (C=O) groups excluding carboxylic acids is 1. The van der Waals surface area contributed by atoms with Crippen molar-refractivity contribution in [1.29, 1.82) is 0 Å². The molecule has 0 aromatic carbocycles. The molecule has 5 heteroatoms. The fourth-order valence-corrected chi connectivity index (χ4v) is 1.19. The molecule has 16 heavy (non-hydrogen) atoms. The van der Waals surface area contributed by atoms with Crippen LogP contribution in [-0.4, -0.2) is 10.5 Å². The van der Waals surface area contributed by atoms with Gasteiger partial charge in [0.2, 0.25) is 13.1 Å². The molecule has 0 bridgehead atoms. The van der Waals surface area contributed by atoms with Crippen LogP contribution in [0.4, 0.5) is 0 Å². The van der Waals surface area contributed by atoms with Gasteiger partial charge in [-0.25, -0.2) is 13.9 Å². The second-order valence-corrected chi connectivity index (χ2v) is 3.32. The molecular formula is C11H17IN2O2.